The lowest BCUT2D eigenvalue weighted by molar-refractivity contribution is -0.140. The summed E-state index contributed by atoms with van der Waals surface area (Å²) in [6.45, 7) is 3.95. The number of ether oxygens (including phenoxy) is 2. The van der Waals surface area contributed by atoms with Crippen molar-refractivity contribution >= 4 is 27.5 Å². The second kappa shape index (κ2) is 14.2. The number of fused-ring (bicyclic) bond motifs is 1. The van der Waals surface area contributed by atoms with Crippen molar-refractivity contribution in [1.82, 2.24) is 10.2 Å². The van der Waals surface area contributed by atoms with E-state index in [0.717, 1.165) is 9.87 Å². The number of anilines is 1. The summed E-state index contributed by atoms with van der Waals surface area (Å²) in [6.07, 6.45) is 0.899. The van der Waals surface area contributed by atoms with Gasteiger partial charge in [0.15, 0.2) is 11.5 Å². The van der Waals surface area contributed by atoms with E-state index in [1.807, 2.05) is 37.3 Å². The Hall–Kier alpha value is -4.12. The fourth-order valence-electron chi connectivity index (χ4n) is 4.61. The van der Waals surface area contributed by atoms with E-state index in [1.165, 1.54) is 30.0 Å². The van der Waals surface area contributed by atoms with Crippen LogP contribution < -0.4 is 19.1 Å². The molecule has 1 aliphatic heterocycles. The summed E-state index contributed by atoms with van der Waals surface area (Å²) in [5.41, 5.74) is 1.66. The number of nitrogens with one attached hydrogen (secondary N) is 1. The maximum Gasteiger partial charge on any atom is 0.244 e. The molecule has 0 aliphatic carbocycles. The second-order valence-electron chi connectivity index (χ2n) is 9.88. The van der Waals surface area contributed by atoms with E-state index in [1.54, 1.807) is 24.3 Å². The molecule has 3 aromatic rings. The van der Waals surface area contributed by atoms with Crippen LogP contribution in [0.15, 0.2) is 72.8 Å². The molecular formula is C31H36FN3O6S. The molecule has 0 unspecified atom stereocenters. The van der Waals surface area contributed by atoms with Crippen molar-refractivity contribution in [2.24, 2.45) is 0 Å². The molecule has 11 heteroatoms. The first-order chi connectivity index (χ1) is 20.2. The normalized spacial score (nSPS) is 13.2. The summed E-state index contributed by atoms with van der Waals surface area (Å²) in [4.78, 5) is 29.1. The molecule has 3 aromatic carbocycles. The molecule has 1 heterocycles. The molecule has 0 radical (unpaired) electrons. The molecule has 1 aliphatic rings. The van der Waals surface area contributed by atoms with Gasteiger partial charge >= 0.3 is 0 Å². The quantitative estimate of drug-likeness (QED) is 0.320. The lowest BCUT2D eigenvalue weighted by atomic mass is 10.0. The van der Waals surface area contributed by atoms with Crippen LogP contribution in [0.3, 0.4) is 0 Å². The Morgan fingerprint density at radius 3 is 2.29 bits per heavy atom. The summed E-state index contributed by atoms with van der Waals surface area (Å²) in [7, 11) is -3.93. The Morgan fingerprint density at radius 1 is 0.929 bits per heavy atom. The van der Waals surface area contributed by atoms with Crippen molar-refractivity contribution in [3.8, 4) is 11.5 Å². The van der Waals surface area contributed by atoms with Gasteiger partial charge in [-0.3, -0.25) is 13.9 Å². The first-order valence-electron chi connectivity index (χ1n) is 14.0. The molecule has 42 heavy (non-hydrogen) atoms. The molecule has 0 saturated carbocycles. The smallest absolute Gasteiger partial charge is 0.244 e. The zero-order chi connectivity index (χ0) is 30.1. The Kier molecular flexibility index (Phi) is 10.4. The highest BCUT2D eigenvalue weighted by atomic mass is 32.2. The van der Waals surface area contributed by atoms with Gasteiger partial charge in [-0.25, -0.2) is 12.8 Å². The molecule has 9 nitrogen and oxygen atoms in total. The van der Waals surface area contributed by atoms with Gasteiger partial charge in [-0.1, -0.05) is 49.4 Å². The van der Waals surface area contributed by atoms with Crippen LogP contribution in [-0.2, 0) is 32.6 Å². The predicted molar refractivity (Wildman–Crippen MR) is 158 cm³/mol. The summed E-state index contributed by atoms with van der Waals surface area (Å²) in [5, 5.41) is 2.89. The minimum atomic E-state index is -3.93. The lowest BCUT2D eigenvalue weighted by Crippen LogP contribution is -2.53. The summed E-state index contributed by atoms with van der Waals surface area (Å²) < 4.78 is 52.6. The molecule has 1 N–H and O–H groups in total. The standard InChI is InChI=1S/C31H36FN3O6S/c1-3-16-33-31(37)27(19-23-8-6-5-7-9-23)34(21-24-10-12-25(32)13-11-24)30(36)22-35(42(38,39)4-2)26-14-15-28-29(20-26)41-18-17-40-28/h5-15,20,27H,3-4,16-19,21-22H2,1-2H3,(H,33,37)/t27-/m1/s1. The first-order valence-corrected chi connectivity index (χ1v) is 15.6. The first kappa shape index (κ1) is 30.8. The molecule has 4 rings (SSSR count). The number of nitrogens with zero attached hydrogens (tertiary/aromatic N) is 2. The van der Waals surface area contributed by atoms with E-state index in [0.29, 0.717) is 43.2 Å². The third-order valence-corrected chi connectivity index (χ3v) is 8.62. The number of hydrogen-bond donors (Lipinski definition) is 1. The topological polar surface area (TPSA) is 105 Å². The number of amides is 2. The van der Waals surface area contributed by atoms with Gasteiger partial charge < -0.3 is 19.7 Å². The maximum absolute atomic E-state index is 14.2. The van der Waals surface area contributed by atoms with Gasteiger partial charge in [-0.2, -0.15) is 0 Å². The number of halogens is 1. The average molecular weight is 598 g/mol. The van der Waals surface area contributed by atoms with Crippen molar-refractivity contribution in [3.05, 3.63) is 89.7 Å². The Balaban J connectivity index is 1.73. The van der Waals surface area contributed by atoms with E-state index in [2.05, 4.69) is 5.32 Å². The Bertz CT molecular complexity index is 1470. The number of benzene rings is 3. The predicted octanol–water partition coefficient (Wildman–Crippen LogP) is 3.92. The highest BCUT2D eigenvalue weighted by Crippen LogP contribution is 2.35. The van der Waals surface area contributed by atoms with Gasteiger partial charge in [0.05, 0.1) is 11.4 Å². The number of sulfonamides is 1. The van der Waals surface area contributed by atoms with Gasteiger partial charge in [0.1, 0.15) is 31.6 Å². The molecule has 224 valence electrons. The van der Waals surface area contributed by atoms with Gasteiger partial charge in [-0.15, -0.1) is 0 Å². The molecule has 2 amide bonds. The van der Waals surface area contributed by atoms with Crippen molar-refractivity contribution < 1.29 is 31.9 Å². The van der Waals surface area contributed by atoms with Crippen molar-refractivity contribution in [2.75, 3.05) is 36.4 Å². The zero-order valence-electron chi connectivity index (χ0n) is 23.8. The highest BCUT2D eigenvalue weighted by molar-refractivity contribution is 7.92. The average Bonchev–Trinajstić information content (AvgIpc) is 3.01. The van der Waals surface area contributed by atoms with E-state index in [4.69, 9.17) is 9.47 Å². The monoisotopic (exact) mass is 597 g/mol. The van der Waals surface area contributed by atoms with Crippen LogP contribution >= 0.6 is 0 Å². The molecular weight excluding hydrogens is 561 g/mol. The van der Waals surface area contributed by atoms with Crippen LogP contribution in [-0.4, -0.2) is 63.2 Å². The third kappa shape index (κ3) is 7.79. The SMILES string of the molecule is CCCNC(=O)[C@@H](Cc1ccccc1)N(Cc1ccc(F)cc1)C(=O)CN(c1ccc2c(c1)OCCO2)S(=O)(=O)CC. The van der Waals surface area contributed by atoms with Gasteiger partial charge in [-0.05, 0) is 48.7 Å². The summed E-state index contributed by atoms with van der Waals surface area (Å²) >= 11 is 0. The van der Waals surface area contributed by atoms with Gasteiger partial charge in [0.2, 0.25) is 21.8 Å². The maximum atomic E-state index is 14.2. The molecule has 0 saturated heterocycles. The fraction of sp³-hybridized carbons (Fsp3) is 0.355. The molecule has 0 spiro atoms. The van der Waals surface area contributed by atoms with Crippen LogP contribution in [0.5, 0.6) is 11.5 Å². The summed E-state index contributed by atoms with van der Waals surface area (Å²) in [6, 6.07) is 18.7. The molecule has 0 bridgehead atoms. The largest absolute Gasteiger partial charge is 0.486 e. The van der Waals surface area contributed by atoms with Crippen molar-refractivity contribution in [1.29, 1.82) is 0 Å². The van der Waals surface area contributed by atoms with Gasteiger partial charge in [0, 0.05) is 25.6 Å². The number of carbonyl (C=O) groups excluding carboxylic acids is 2. The van der Waals surface area contributed by atoms with Crippen LogP contribution in [0.1, 0.15) is 31.4 Å². The minimum Gasteiger partial charge on any atom is -0.486 e. The number of hydrogen-bond acceptors (Lipinski definition) is 6. The number of rotatable bonds is 13. The zero-order valence-corrected chi connectivity index (χ0v) is 24.6. The number of carbonyl (C=O) groups is 2. The highest BCUT2D eigenvalue weighted by Gasteiger charge is 2.34. The van der Waals surface area contributed by atoms with Crippen molar-refractivity contribution in [2.45, 2.75) is 39.3 Å². The second-order valence-corrected chi connectivity index (χ2v) is 12.1. The van der Waals surface area contributed by atoms with E-state index < -0.39 is 34.3 Å². The van der Waals surface area contributed by atoms with E-state index in [9.17, 15) is 22.4 Å². The Labute approximate surface area is 246 Å². The minimum absolute atomic E-state index is 0.0304. The molecule has 1 atom stereocenters. The lowest BCUT2D eigenvalue weighted by Gasteiger charge is -2.34. The summed E-state index contributed by atoms with van der Waals surface area (Å²) in [5.74, 6) is -0.765. The van der Waals surface area contributed by atoms with Crippen molar-refractivity contribution in [3.63, 3.8) is 0 Å². The van der Waals surface area contributed by atoms with Crippen LogP contribution in [0, 0.1) is 5.82 Å². The van der Waals surface area contributed by atoms with Crippen LogP contribution in [0.25, 0.3) is 0 Å². The van der Waals surface area contributed by atoms with Gasteiger partial charge in [0.25, 0.3) is 0 Å². The van der Waals surface area contributed by atoms with E-state index in [-0.39, 0.29) is 30.3 Å². The van der Waals surface area contributed by atoms with E-state index >= 15 is 0 Å². The molecule has 0 aromatic heterocycles. The van der Waals surface area contributed by atoms with Crippen LogP contribution in [0.2, 0.25) is 0 Å². The molecule has 0 fully saturated rings. The third-order valence-electron chi connectivity index (χ3n) is 6.88. The van der Waals surface area contributed by atoms with Crippen LogP contribution in [0.4, 0.5) is 10.1 Å². The fourth-order valence-corrected chi connectivity index (χ4v) is 5.67. The Morgan fingerprint density at radius 2 is 1.62 bits per heavy atom.